The Morgan fingerprint density at radius 3 is 2.38 bits per heavy atom. The van der Waals surface area contributed by atoms with Crippen molar-refractivity contribution in [3.63, 3.8) is 0 Å². The molecule has 1 aromatic heterocycles. The van der Waals surface area contributed by atoms with Crippen molar-refractivity contribution in [3.8, 4) is 11.4 Å². The van der Waals surface area contributed by atoms with E-state index in [2.05, 4.69) is 20.7 Å². The highest BCUT2D eigenvalue weighted by atomic mass is 32.2. The van der Waals surface area contributed by atoms with Crippen LogP contribution in [0, 0.1) is 0 Å². The minimum Gasteiger partial charge on any atom is -0.495 e. The Bertz CT molecular complexity index is 1280. The van der Waals surface area contributed by atoms with Crippen LogP contribution >= 0.6 is 11.8 Å². The van der Waals surface area contributed by atoms with Crippen molar-refractivity contribution < 1.29 is 14.3 Å². The highest BCUT2D eigenvalue weighted by molar-refractivity contribution is 8.00. The van der Waals surface area contributed by atoms with Gasteiger partial charge in [0.25, 0.3) is 5.91 Å². The van der Waals surface area contributed by atoms with Crippen molar-refractivity contribution in [1.82, 2.24) is 14.8 Å². The molecule has 172 valence electrons. The number of aromatic nitrogens is 3. The minimum absolute atomic E-state index is 0.188. The predicted molar refractivity (Wildman–Crippen MR) is 133 cm³/mol. The number of para-hydroxylation sites is 3. The molecule has 0 fully saturated rings. The van der Waals surface area contributed by atoms with Crippen LogP contribution in [0.5, 0.6) is 5.75 Å². The summed E-state index contributed by atoms with van der Waals surface area (Å²) in [4.78, 5) is 29.5. The molecule has 0 saturated heterocycles. The van der Waals surface area contributed by atoms with Crippen molar-refractivity contribution in [2.45, 2.75) is 17.3 Å². The molecule has 9 heteroatoms. The highest BCUT2D eigenvalue weighted by Crippen LogP contribution is 2.24. The van der Waals surface area contributed by atoms with Gasteiger partial charge in [-0.3, -0.25) is 9.59 Å². The van der Waals surface area contributed by atoms with Gasteiger partial charge in [-0.2, -0.15) is 0 Å². The van der Waals surface area contributed by atoms with Gasteiger partial charge in [-0.15, -0.1) is 5.10 Å². The van der Waals surface area contributed by atoms with Crippen molar-refractivity contribution in [1.29, 1.82) is 0 Å². The van der Waals surface area contributed by atoms with Crippen LogP contribution in [0.15, 0.2) is 90.3 Å². The summed E-state index contributed by atoms with van der Waals surface area (Å²) in [7, 11) is 1.55. The first-order valence-electron chi connectivity index (χ1n) is 10.5. The number of benzene rings is 3. The van der Waals surface area contributed by atoms with E-state index in [1.165, 1.54) is 11.8 Å². The van der Waals surface area contributed by atoms with Crippen molar-refractivity contribution in [2.24, 2.45) is 0 Å². The van der Waals surface area contributed by atoms with Gasteiger partial charge in [0, 0.05) is 11.3 Å². The molecule has 1 heterocycles. The topological polar surface area (TPSA) is 98.1 Å². The van der Waals surface area contributed by atoms with E-state index in [0.717, 1.165) is 5.69 Å². The van der Waals surface area contributed by atoms with Crippen LogP contribution in [0.3, 0.4) is 0 Å². The second-order valence-corrected chi connectivity index (χ2v) is 8.60. The fourth-order valence-corrected chi connectivity index (χ4v) is 3.84. The molecule has 0 spiro atoms. The minimum atomic E-state index is -0.417. The molecular weight excluding hydrogens is 450 g/mol. The Morgan fingerprint density at radius 2 is 1.65 bits per heavy atom. The van der Waals surface area contributed by atoms with Crippen LogP contribution < -0.4 is 15.4 Å². The fourth-order valence-electron chi connectivity index (χ4n) is 3.11. The molecule has 34 heavy (non-hydrogen) atoms. The Kier molecular flexibility index (Phi) is 7.24. The second kappa shape index (κ2) is 10.7. The number of carbonyl (C=O) groups is 2. The zero-order valence-electron chi connectivity index (χ0n) is 18.6. The second-order valence-electron chi connectivity index (χ2n) is 7.29. The average Bonchev–Trinajstić information content (AvgIpc) is 3.33. The molecule has 0 aliphatic carbocycles. The van der Waals surface area contributed by atoms with Crippen LogP contribution in [-0.2, 0) is 4.79 Å². The normalized spacial score (nSPS) is 11.5. The SMILES string of the molecule is COc1ccccc1NC(=O)c1ccc(NC(=O)[C@@H](C)Sc2ncn(-c3ccccc3)n2)cc1. The first-order chi connectivity index (χ1) is 16.5. The molecule has 4 rings (SSSR count). The van der Waals surface area contributed by atoms with Crippen molar-refractivity contribution >= 4 is 35.0 Å². The Morgan fingerprint density at radius 1 is 0.941 bits per heavy atom. The zero-order valence-corrected chi connectivity index (χ0v) is 19.5. The van der Waals surface area contributed by atoms with Crippen LogP contribution in [0.25, 0.3) is 5.69 Å². The Hall–Kier alpha value is -4.11. The lowest BCUT2D eigenvalue weighted by Crippen LogP contribution is -2.22. The van der Waals surface area contributed by atoms with Gasteiger partial charge in [-0.05, 0) is 55.5 Å². The van der Waals surface area contributed by atoms with E-state index in [4.69, 9.17) is 4.74 Å². The first kappa shape index (κ1) is 23.1. The van der Waals surface area contributed by atoms with Gasteiger partial charge in [0.05, 0.1) is 23.7 Å². The summed E-state index contributed by atoms with van der Waals surface area (Å²) in [5, 5.41) is 10.2. The summed E-state index contributed by atoms with van der Waals surface area (Å²) in [6, 6.07) is 23.5. The maximum absolute atomic E-state index is 12.6. The molecule has 0 aliphatic heterocycles. The largest absolute Gasteiger partial charge is 0.495 e. The van der Waals surface area contributed by atoms with Gasteiger partial charge in [-0.25, -0.2) is 9.67 Å². The summed E-state index contributed by atoms with van der Waals surface area (Å²) in [5.41, 5.74) is 2.53. The quantitative estimate of drug-likeness (QED) is 0.362. The van der Waals surface area contributed by atoms with Gasteiger partial charge in [0.15, 0.2) is 0 Å². The summed E-state index contributed by atoms with van der Waals surface area (Å²) in [5.74, 6) is 0.118. The Balaban J connectivity index is 1.33. The van der Waals surface area contributed by atoms with Crippen LogP contribution in [0.1, 0.15) is 17.3 Å². The predicted octanol–water partition coefficient (Wildman–Crippen LogP) is 4.65. The number of hydrogen-bond donors (Lipinski definition) is 2. The molecule has 4 aromatic rings. The summed E-state index contributed by atoms with van der Waals surface area (Å²) >= 11 is 1.27. The maximum atomic E-state index is 12.6. The van der Waals surface area contributed by atoms with Crippen molar-refractivity contribution in [3.05, 3.63) is 90.8 Å². The van der Waals surface area contributed by atoms with Gasteiger partial charge in [0.2, 0.25) is 11.1 Å². The molecule has 0 radical (unpaired) electrons. The lowest BCUT2D eigenvalue weighted by molar-refractivity contribution is -0.115. The Labute approximate surface area is 201 Å². The average molecular weight is 474 g/mol. The third-order valence-electron chi connectivity index (χ3n) is 4.91. The molecular formula is C25H23N5O3S. The molecule has 0 unspecified atom stereocenters. The number of rotatable bonds is 8. The first-order valence-corrected chi connectivity index (χ1v) is 11.4. The molecule has 2 N–H and O–H groups in total. The lowest BCUT2D eigenvalue weighted by Gasteiger charge is -2.12. The van der Waals surface area contributed by atoms with E-state index in [0.29, 0.717) is 27.8 Å². The molecule has 0 bridgehead atoms. The third-order valence-corrected chi connectivity index (χ3v) is 5.88. The van der Waals surface area contributed by atoms with Gasteiger partial charge in [-0.1, -0.05) is 42.1 Å². The number of nitrogens with one attached hydrogen (secondary N) is 2. The molecule has 8 nitrogen and oxygen atoms in total. The lowest BCUT2D eigenvalue weighted by atomic mass is 10.2. The summed E-state index contributed by atoms with van der Waals surface area (Å²) in [6.07, 6.45) is 1.62. The molecule has 0 aliphatic rings. The maximum Gasteiger partial charge on any atom is 0.255 e. The molecule has 1 atom stereocenters. The standard InChI is InChI=1S/C25H23N5O3S/c1-17(34-25-26-16-30(29-25)20-8-4-3-5-9-20)23(31)27-19-14-12-18(13-15-19)24(32)28-21-10-6-7-11-22(21)33-2/h3-17H,1-2H3,(H,27,31)(H,28,32)/t17-/m1/s1. The van der Waals surface area contributed by atoms with E-state index >= 15 is 0 Å². The fraction of sp³-hybridized carbons (Fsp3) is 0.120. The number of methoxy groups -OCH3 is 1. The van der Waals surface area contributed by atoms with E-state index in [1.807, 2.05) is 42.5 Å². The van der Waals surface area contributed by atoms with Crippen LogP contribution in [0.2, 0.25) is 0 Å². The van der Waals surface area contributed by atoms with Gasteiger partial charge >= 0.3 is 0 Å². The monoisotopic (exact) mass is 473 g/mol. The third kappa shape index (κ3) is 5.62. The highest BCUT2D eigenvalue weighted by Gasteiger charge is 2.18. The van der Waals surface area contributed by atoms with E-state index in [-0.39, 0.29) is 11.8 Å². The number of carbonyl (C=O) groups excluding carboxylic acids is 2. The van der Waals surface area contributed by atoms with Crippen LogP contribution in [0.4, 0.5) is 11.4 Å². The van der Waals surface area contributed by atoms with Gasteiger partial charge < -0.3 is 15.4 Å². The molecule has 3 aromatic carbocycles. The van der Waals surface area contributed by atoms with E-state index in [9.17, 15) is 9.59 Å². The smallest absolute Gasteiger partial charge is 0.255 e. The van der Waals surface area contributed by atoms with Crippen LogP contribution in [-0.4, -0.2) is 38.9 Å². The number of ether oxygens (including phenoxy) is 1. The molecule has 0 saturated carbocycles. The van der Waals surface area contributed by atoms with E-state index in [1.54, 1.807) is 61.4 Å². The molecule has 2 amide bonds. The number of amides is 2. The number of nitrogens with zero attached hydrogens (tertiary/aromatic N) is 3. The van der Waals surface area contributed by atoms with E-state index < -0.39 is 5.25 Å². The summed E-state index contributed by atoms with van der Waals surface area (Å²) < 4.78 is 6.93. The number of thioether (sulfide) groups is 1. The summed E-state index contributed by atoms with van der Waals surface area (Å²) in [6.45, 7) is 1.79. The zero-order chi connectivity index (χ0) is 23.9. The van der Waals surface area contributed by atoms with Crippen molar-refractivity contribution in [2.75, 3.05) is 17.7 Å². The number of anilines is 2. The van der Waals surface area contributed by atoms with Gasteiger partial charge in [0.1, 0.15) is 12.1 Å². The number of hydrogen-bond acceptors (Lipinski definition) is 6.